The monoisotopic (exact) mass is 522 g/mol. The molecule has 1 aliphatic carbocycles. The lowest BCUT2D eigenvalue weighted by Crippen LogP contribution is -2.10. The number of para-hydroxylation sites is 1. The number of pyridine rings is 1. The van der Waals surface area contributed by atoms with Crippen LogP contribution in [-0.4, -0.2) is 4.98 Å². The Morgan fingerprint density at radius 2 is 1.00 bits per heavy atom. The van der Waals surface area contributed by atoms with E-state index in [0.717, 1.165) is 28.3 Å². The number of benzene rings is 6. The highest BCUT2D eigenvalue weighted by atomic mass is 15.1. The van der Waals surface area contributed by atoms with Gasteiger partial charge in [0.2, 0.25) is 0 Å². The molecule has 0 saturated carbocycles. The van der Waals surface area contributed by atoms with Gasteiger partial charge in [0.1, 0.15) is 0 Å². The molecule has 0 unspecified atom stereocenters. The summed E-state index contributed by atoms with van der Waals surface area (Å²) in [7, 11) is 0. The minimum absolute atomic E-state index is 0.963. The molecule has 2 nitrogen and oxygen atoms in total. The zero-order chi connectivity index (χ0) is 27.2. The first kappa shape index (κ1) is 23.4. The number of anilines is 3. The molecule has 6 aromatic carbocycles. The zero-order valence-corrected chi connectivity index (χ0v) is 22.4. The Hall–Kier alpha value is -5.47. The van der Waals surface area contributed by atoms with Crippen LogP contribution in [0.4, 0.5) is 17.1 Å². The van der Waals surface area contributed by atoms with E-state index in [-0.39, 0.29) is 0 Å². The van der Waals surface area contributed by atoms with Crippen molar-refractivity contribution in [3.05, 3.63) is 158 Å². The van der Waals surface area contributed by atoms with Gasteiger partial charge in [0.25, 0.3) is 0 Å². The Morgan fingerprint density at radius 3 is 1.76 bits per heavy atom. The van der Waals surface area contributed by atoms with E-state index in [1.807, 2.05) is 24.4 Å². The number of nitrogens with zero attached hydrogens (tertiary/aromatic N) is 2. The van der Waals surface area contributed by atoms with Crippen LogP contribution in [-0.2, 0) is 0 Å². The zero-order valence-electron chi connectivity index (χ0n) is 22.4. The summed E-state index contributed by atoms with van der Waals surface area (Å²) >= 11 is 0. The standard InChI is InChI=1S/C39H26N2/c1-3-11-27(12-4-1)38-24-21-31(26-40-38)41(29-14-5-2-6-15-29)30-16-9-13-28(25-30)32-22-23-37-34-18-8-7-17-33(34)36-20-10-19-35(32)39(36)37/h1-26H. The van der Waals surface area contributed by atoms with Crippen LogP contribution in [0.3, 0.4) is 0 Å². The Labute approximate surface area is 239 Å². The SMILES string of the molecule is c1ccc(-c2ccc(N(c3ccccc3)c3cccc(-c4ccc5c6c(cccc46)-c4ccccc4-5)c3)cn2)cc1. The van der Waals surface area contributed by atoms with Crippen molar-refractivity contribution in [2.45, 2.75) is 0 Å². The van der Waals surface area contributed by atoms with E-state index >= 15 is 0 Å². The largest absolute Gasteiger partial charge is 0.309 e. The molecule has 0 N–H and O–H groups in total. The maximum absolute atomic E-state index is 4.85. The number of fused-ring (bicyclic) bond motifs is 3. The maximum Gasteiger partial charge on any atom is 0.0703 e. The molecule has 8 rings (SSSR count). The van der Waals surface area contributed by atoms with Crippen LogP contribution < -0.4 is 4.90 Å². The molecule has 0 fully saturated rings. The smallest absolute Gasteiger partial charge is 0.0703 e. The van der Waals surface area contributed by atoms with Crippen LogP contribution in [0.2, 0.25) is 0 Å². The lowest BCUT2D eigenvalue weighted by Gasteiger charge is -2.26. The van der Waals surface area contributed by atoms with Crippen LogP contribution in [0.25, 0.3) is 55.4 Å². The van der Waals surface area contributed by atoms with Gasteiger partial charge in [0, 0.05) is 16.9 Å². The normalized spacial score (nSPS) is 11.4. The van der Waals surface area contributed by atoms with Gasteiger partial charge in [0.15, 0.2) is 0 Å². The highest BCUT2D eigenvalue weighted by Crippen LogP contribution is 2.49. The summed E-state index contributed by atoms with van der Waals surface area (Å²) in [6, 6.07) is 53.9. The minimum Gasteiger partial charge on any atom is -0.309 e. The first-order chi connectivity index (χ1) is 20.3. The van der Waals surface area contributed by atoms with Gasteiger partial charge in [-0.1, -0.05) is 115 Å². The van der Waals surface area contributed by atoms with Crippen molar-refractivity contribution >= 4 is 27.8 Å². The maximum atomic E-state index is 4.85. The van der Waals surface area contributed by atoms with Crippen LogP contribution in [0.1, 0.15) is 0 Å². The molecule has 41 heavy (non-hydrogen) atoms. The molecule has 7 aromatic rings. The van der Waals surface area contributed by atoms with Crippen molar-refractivity contribution in [2.24, 2.45) is 0 Å². The van der Waals surface area contributed by atoms with Gasteiger partial charge in [0.05, 0.1) is 17.6 Å². The average Bonchev–Trinajstić information content (AvgIpc) is 3.38. The molecule has 1 aromatic heterocycles. The van der Waals surface area contributed by atoms with Gasteiger partial charge in [-0.25, -0.2) is 0 Å². The molecule has 0 atom stereocenters. The van der Waals surface area contributed by atoms with Crippen molar-refractivity contribution in [1.29, 1.82) is 0 Å². The summed E-state index contributed by atoms with van der Waals surface area (Å²) in [6.07, 6.45) is 1.97. The average molecular weight is 523 g/mol. The van der Waals surface area contributed by atoms with Gasteiger partial charge < -0.3 is 4.90 Å². The first-order valence-corrected chi connectivity index (χ1v) is 14.0. The van der Waals surface area contributed by atoms with E-state index in [1.165, 1.54) is 44.2 Å². The van der Waals surface area contributed by atoms with E-state index in [0.29, 0.717) is 0 Å². The highest BCUT2D eigenvalue weighted by molar-refractivity contribution is 6.18. The molecular formula is C39H26N2. The molecule has 1 heterocycles. The van der Waals surface area contributed by atoms with E-state index in [1.54, 1.807) is 0 Å². The quantitative estimate of drug-likeness (QED) is 0.223. The van der Waals surface area contributed by atoms with Gasteiger partial charge >= 0.3 is 0 Å². The van der Waals surface area contributed by atoms with E-state index in [9.17, 15) is 0 Å². The first-order valence-electron chi connectivity index (χ1n) is 14.0. The summed E-state index contributed by atoms with van der Waals surface area (Å²) in [6.45, 7) is 0. The molecule has 0 bridgehead atoms. The van der Waals surface area contributed by atoms with E-state index in [2.05, 4.69) is 138 Å². The Morgan fingerprint density at radius 1 is 0.390 bits per heavy atom. The molecule has 0 spiro atoms. The van der Waals surface area contributed by atoms with Gasteiger partial charge in [-0.2, -0.15) is 0 Å². The fourth-order valence-electron chi connectivity index (χ4n) is 6.19. The third-order valence-electron chi connectivity index (χ3n) is 8.05. The molecule has 0 saturated heterocycles. The summed E-state index contributed by atoms with van der Waals surface area (Å²) < 4.78 is 0. The van der Waals surface area contributed by atoms with E-state index < -0.39 is 0 Å². The van der Waals surface area contributed by atoms with E-state index in [4.69, 9.17) is 4.98 Å². The molecule has 192 valence electrons. The Kier molecular flexibility index (Phi) is 5.49. The van der Waals surface area contributed by atoms with Crippen molar-refractivity contribution in [1.82, 2.24) is 4.98 Å². The molecule has 1 aliphatic rings. The lowest BCUT2D eigenvalue weighted by molar-refractivity contribution is 1.23. The second-order valence-electron chi connectivity index (χ2n) is 10.4. The second-order valence-corrected chi connectivity index (χ2v) is 10.4. The number of hydrogen-bond donors (Lipinski definition) is 0. The van der Waals surface area contributed by atoms with Crippen molar-refractivity contribution in [3.63, 3.8) is 0 Å². The summed E-state index contributed by atoms with van der Waals surface area (Å²) in [4.78, 5) is 7.13. The summed E-state index contributed by atoms with van der Waals surface area (Å²) in [5.41, 5.74) is 13.0. The molecule has 0 radical (unpaired) electrons. The van der Waals surface area contributed by atoms with Crippen LogP contribution in [0.5, 0.6) is 0 Å². The molecule has 2 heteroatoms. The number of hydrogen-bond acceptors (Lipinski definition) is 2. The van der Waals surface area contributed by atoms with Gasteiger partial charge in [-0.05, 0) is 80.6 Å². The van der Waals surface area contributed by atoms with Crippen molar-refractivity contribution in [3.8, 4) is 44.6 Å². The number of rotatable bonds is 5. The summed E-state index contributed by atoms with van der Waals surface area (Å²) in [5.74, 6) is 0. The molecule has 0 amide bonds. The molecular weight excluding hydrogens is 496 g/mol. The number of aromatic nitrogens is 1. The van der Waals surface area contributed by atoms with Crippen LogP contribution in [0, 0.1) is 0 Å². The third-order valence-corrected chi connectivity index (χ3v) is 8.05. The fourth-order valence-corrected chi connectivity index (χ4v) is 6.19. The molecule has 0 aliphatic heterocycles. The minimum atomic E-state index is 0.963. The van der Waals surface area contributed by atoms with Crippen LogP contribution in [0.15, 0.2) is 158 Å². The predicted octanol–water partition coefficient (Wildman–Crippen LogP) is 10.7. The van der Waals surface area contributed by atoms with Crippen molar-refractivity contribution in [2.75, 3.05) is 4.90 Å². The van der Waals surface area contributed by atoms with Gasteiger partial charge in [-0.3, -0.25) is 4.98 Å². The summed E-state index contributed by atoms with van der Waals surface area (Å²) in [5, 5.41) is 2.63. The Bertz CT molecular complexity index is 2000. The second kappa shape index (κ2) is 9.62. The highest BCUT2D eigenvalue weighted by Gasteiger charge is 2.22. The van der Waals surface area contributed by atoms with Gasteiger partial charge in [-0.15, -0.1) is 0 Å². The predicted molar refractivity (Wildman–Crippen MR) is 172 cm³/mol. The Balaban J connectivity index is 1.25. The topological polar surface area (TPSA) is 16.1 Å². The fraction of sp³-hybridized carbons (Fsp3) is 0. The van der Waals surface area contributed by atoms with Crippen LogP contribution >= 0.6 is 0 Å². The van der Waals surface area contributed by atoms with Crippen molar-refractivity contribution < 1.29 is 0 Å². The third kappa shape index (κ3) is 3.92. The lowest BCUT2D eigenvalue weighted by atomic mass is 9.94.